The molecule has 0 fully saturated rings. The van der Waals surface area contributed by atoms with Gasteiger partial charge in [-0.15, -0.1) is 10.2 Å². The maximum atomic E-state index is 12.0. The zero-order valence-electron chi connectivity index (χ0n) is 9.49. The molecule has 0 saturated heterocycles. The summed E-state index contributed by atoms with van der Waals surface area (Å²) < 4.78 is 26.3. The first-order valence-corrected chi connectivity index (χ1v) is 7.38. The lowest BCUT2D eigenvalue weighted by molar-refractivity contribution is 0.600. The molecule has 0 bridgehead atoms. The van der Waals surface area contributed by atoms with E-state index in [-0.39, 0.29) is 15.8 Å². The number of hydrogen-bond donors (Lipinski definition) is 2. The summed E-state index contributed by atoms with van der Waals surface area (Å²) >= 11 is 1.20. The van der Waals surface area contributed by atoms with E-state index >= 15 is 0 Å². The first-order valence-electron chi connectivity index (χ1n) is 5.08. The van der Waals surface area contributed by atoms with Crippen molar-refractivity contribution in [2.24, 2.45) is 0 Å². The van der Waals surface area contributed by atoms with Crippen LogP contribution in [0.4, 0.5) is 10.9 Å². The summed E-state index contributed by atoms with van der Waals surface area (Å²) in [6, 6.07) is 2.80. The third kappa shape index (κ3) is 2.74. The SMILES string of the molecule is CCc1nnc(NS(=O)(=O)c2ccc(N)nc2)s1. The average molecular weight is 285 g/mol. The molecule has 0 unspecified atom stereocenters. The lowest BCUT2D eigenvalue weighted by atomic mass is 10.5. The van der Waals surface area contributed by atoms with Gasteiger partial charge in [0.2, 0.25) is 5.13 Å². The number of sulfonamides is 1. The molecule has 0 radical (unpaired) electrons. The first kappa shape index (κ1) is 12.7. The highest BCUT2D eigenvalue weighted by atomic mass is 32.2. The van der Waals surface area contributed by atoms with Gasteiger partial charge in [-0.05, 0) is 18.6 Å². The second-order valence-electron chi connectivity index (χ2n) is 3.38. The van der Waals surface area contributed by atoms with Crippen LogP contribution in [0.3, 0.4) is 0 Å². The van der Waals surface area contributed by atoms with Crippen molar-refractivity contribution in [1.29, 1.82) is 0 Å². The summed E-state index contributed by atoms with van der Waals surface area (Å²) in [5, 5.41) is 8.59. The van der Waals surface area contributed by atoms with Crippen LogP contribution in [0.2, 0.25) is 0 Å². The summed E-state index contributed by atoms with van der Waals surface area (Å²) in [5.74, 6) is 0.262. The molecule has 0 aliphatic rings. The largest absolute Gasteiger partial charge is 0.384 e. The molecule has 2 rings (SSSR count). The summed E-state index contributed by atoms with van der Waals surface area (Å²) in [4.78, 5) is 3.77. The Bertz CT molecular complexity index is 635. The molecule has 0 aliphatic carbocycles. The van der Waals surface area contributed by atoms with Crippen molar-refractivity contribution in [3.63, 3.8) is 0 Å². The fourth-order valence-electron chi connectivity index (χ4n) is 1.16. The van der Waals surface area contributed by atoms with Crippen molar-refractivity contribution in [1.82, 2.24) is 15.2 Å². The Morgan fingerprint density at radius 3 is 2.72 bits per heavy atom. The van der Waals surface area contributed by atoms with Crippen LogP contribution < -0.4 is 10.5 Å². The van der Waals surface area contributed by atoms with Gasteiger partial charge in [0.25, 0.3) is 10.0 Å². The maximum absolute atomic E-state index is 12.0. The Hall–Kier alpha value is -1.74. The van der Waals surface area contributed by atoms with Crippen LogP contribution in [0.5, 0.6) is 0 Å². The number of pyridine rings is 1. The van der Waals surface area contributed by atoms with E-state index in [0.29, 0.717) is 6.42 Å². The number of hydrogen-bond acceptors (Lipinski definition) is 7. The van der Waals surface area contributed by atoms with Gasteiger partial charge in [0.1, 0.15) is 15.7 Å². The van der Waals surface area contributed by atoms with Crippen molar-refractivity contribution in [3.05, 3.63) is 23.3 Å². The van der Waals surface area contributed by atoms with Crippen LogP contribution in [0, 0.1) is 0 Å². The predicted molar refractivity (Wildman–Crippen MR) is 68.7 cm³/mol. The van der Waals surface area contributed by atoms with E-state index in [1.807, 2.05) is 6.92 Å². The van der Waals surface area contributed by atoms with Crippen LogP contribution in [0.25, 0.3) is 0 Å². The van der Waals surface area contributed by atoms with Gasteiger partial charge in [-0.3, -0.25) is 4.72 Å². The van der Waals surface area contributed by atoms with Crippen molar-refractivity contribution in [3.8, 4) is 0 Å². The van der Waals surface area contributed by atoms with Gasteiger partial charge >= 0.3 is 0 Å². The molecule has 3 N–H and O–H groups in total. The number of aryl methyl sites for hydroxylation is 1. The second kappa shape index (κ2) is 4.86. The van der Waals surface area contributed by atoms with Crippen molar-refractivity contribution in [2.75, 3.05) is 10.5 Å². The minimum atomic E-state index is -3.69. The van der Waals surface area contributed by atoms with Gasteiger partial charge < -0.3 is 5.73 Å². The molecule has 7 nitrogen and oxygen atoms in total. The number of nitrogens with zero attached hydrogens (tertiary/aromatic N) is 3. The smallest absolute Gasteiger partial charge is 0.265 e. The molecule has 96 valence electrons. The Morgan fingerprint density at radius 2 is 2.17 bits per heavy atom. The Kier molecular flexibility index (Phi) is 3.43. The van der Waals surface area contributed by atoms with Crippen LogP contribution in [-0.4, -0.2) is 23.6 Å². The normalized spacial score (nSPS) is 11.4. The molecular weight excluding hydrogens is 274 g/mol. The predicted octanol–water partition coefficient (Wildman–Crippen LogP) is 0.879. The molecule has 2 aromatic rings. The van der Waals surface area contributed by atoms with E-state index in [9.17, 15) is 8.42 Å². The third-order valence-corrected chi connectivity index (χ3v) is 4.50. The zero-order valence-corrected chi connectivity index (χ0v) is 11.1. The highest BCUT2D eigenvalue weighted by Gasteiger charge is 2.16. The Balaban J connectivity index is 2.24. The highest BCUT2D eigenvalue weighted by molar-refractivity contribution is 7.93. The summed E-state index contributed by atoms with van der Waals surface area (Å²) in [6.07, 6.45) is 1.91. The fourth-order valence-corrected chi connectivity index (χ4v) is 3.02. The van der Waals surface area contributed by atoms with Crippen molar-refractivity contribution in [2.45, 2.75) is 18.2 Å². The standard InChI is InChI=1S/C9H11N5O2S2/c1-2-8-12-13-9(17-8)14-18(15,16)6-3-4-7(10)11-5-6/h3-5H,2H2,1H3,(H2,10,11)(H,13,14). The number of rotatable bonds is 4. The lowest BCUT2D eigenvalue weighted by Crippen LogP contribution is -2.13. The third-order valence-electron chi connectivity index (χ3n) is 2.06. The molecule has 0 saturated carbocycles. The van der Waals surface area contributed by atoms with E-state index in [1.54, 1.807) is 0 Å². The van der Waals surface area contributed by atoms with E-state index < -0.39 is 10.0 Å². The monoisotopic (exact) mass is 285 g/mol. The van der Waals surface area contributed by atoms with Crippen molar-refractivity contribution < 1.29 is 8.42 Å². The molecule has 2 aromatic heterocycles. The molecule has 0 aliphatic heterocycles. The fraction of sp³-hybridized carbons (Fsp3) is 0.222. The van der Waals surface area contributed by atoms with Crippen LogP contribution in [0.15, 0.2) is 23.2 Å². The van der Waals surface area contributed by atoms with Gasteiger partial charge in [0.15, 0.2) is 0 Å². The molecule has 18 heavy (non-hydrogen) atoms. The van der Waals surface area contributed by atoms with Crippen LogP contribution >= 0.6 is 11.3 Å². The summed E-state index contributed by atoms with van der Waals surface area (Å²) in [7, 11) is -3.69. The quantitative estimate of drug-likeness (QED) is 0.862. The van der Waals surface area contributed by atoms with E-state index in [4.69, 9.17) is 5.73 Å². The lowest BCUT2D eigenvalue weighted by Gasteiger charge is -2.03. The zero-order chi connectivity index (χ0) is 13.2. The topological polar surface area (TPSA) is 111 Å². The van der Waals surface area contributed by atoms with E-state index in [0.717, 1.165) is 5.01 Å². The number of anilines is 2. The van der Waals surface area contributed by atoms with Gasteiger partial charge in [-0.25, -0.2) is 13.4 Å². The number of nitrogens with one attached hydrogen (secondary N) is 1. The van der Waals surface area contributed by atoms with Gasteiger partial charge in [0, 0.05) is 6.20 Å². The maximum Gasteiger partial charge on any atom is 0.265 e. The Morgan fingerprint density at radius 1 is 1.39 bits per heavy atom. The van der Waals surface area contributed by atoms with Gasteiger partial charge in [-0.1, -0.05) is 18.3 Å². The summed E-state index contributed by atoms with van der Waals surface area (Å²) in [5.41, 5.74) is 5.40. The van der Waals surface area contributed by atoms with Gasteiger partial charge in [-0.2, -0.15) is 0 Å². The number of aromatic nitrogens is 3. The minimum absolute atomic E-state index is 0.0324. The molecule has 0 aromatic carbocycles. The summed E-state index contributed by atoms with van der Waals surface area (Å²) in [6.45, 7) is 1.92. The molecule has 2 heterocycles. The van der Waals surface area contributed by atoms with E-state index in [2.05, 4.69) is 19.9 Å². The second-order valence-corrected chi connectivity index (χ2v) is 6.12. The van der Waals surface area contributed by atoms with Gasteiger partial charge in [0.05, 0.1) is 0 Å². The van der Waals surface area contributed by atoms with Crippen molar-refractivity contribution >= 4 is 32.3 Å². The molecule has 0 amide bonds. The Labute approximate surface area is 108 Å². The number of nitrogens with two attached hydrogens (primary N) is 1. The average Bonchev–Trinajstić information content (AvgIpc) is 2.76. The number of nitrogen functional groups attached to an aromatic ring is 1. The minimum Gasteiger partial charge on any atom is -0.384 e. The molecule has 9 heteroatoms. The van der Waals surface area contributed by atoms with E-state index in [1.165, 1.54) is 29.7 Å². The molecular formula is C9H11N5O2S2. The highest BCUT2D eigenvalue weighted by Crippen LogP contribution is 2.19. The molecule has 0 atom stereocenters. The van der Waals surface area contributed by atoms with Crippen LogP contribution in [-0.2, 0) is 16.4 Å². The van der Waals surface area contributed by atoms with Crippen LogP contribution in [0.1, 0.15) is 11.9 Å². The molecule has 0 spiro atoms. The first-order chi connectivity index (χ1) is 8.51.